The topological polar surface area (TPSA) is 34.1 Å². The largest absolute Gasteiger partial charge is 0.497 e. The molecular weight excluding hydrogens is 256 g/mol. The highest BCUT2D eigenvalue weighted by Crippen LogP contribution is 2.14. The summed E-state index contributed by atoms with van der Waals surface area (Å²) in [5.74, 6) is 0.917. The van der Waals surface area contributed by atoms with Crippen LogP contribution in [-0.2, 0) is 13.0 Å². The standard InChI is InChI=1S/C15H20N2OS/c1-11(16-9-14-10-19-12(2)17-14)7-13-5-4-6-15(8-13)18-3/h4-6,8,10-11,16H,7,9H2,1-3H3. The molecule has 1 atom stereocenters. The lowest BCUT2D eigenvalue weighted by Gasteiger charge is -2.13. The Hall–Kier alpha value is -1.39. The number of aromatic nitrogens is 1. The van der Waals surface area contributed by atoms with E-state index in [0.717, 1.165) is 29.4 Å². The van der Waals surface area contributed by atoms with Crippen LogP contribution in [0.5, 0.6) is 5.75 Å². The van der Waals surface area contributed by atoms with Crippen molar-refractivity contribution < 1.29 is 4.74 Å². The van der Waals surface area contributed by atoms with Crippen LogP contribution in [0.15, 0.2) is 29.6 Å². The summed E-state index contributed by atoms with van der Waals surface area (Å²) in [5, 5.41) is 6.74. The SMILES string of the molecule is COc1cccc(CC(C)NCc2csc(C)n2)c1. The smallest absolute Gasteiger partial charge is 0.119 e. The summed E-state index contributed by atoms with van der Waals surface area (Å²) in [5.41, 5.74) is 2.41. The third-order valence-corrected chi connectivity index (χ3v) is 3.80. The van der Waals surface area contributed by atoms with E-state index in [1.165, 1.54) is 5.56 Å². The van der Waals surface area contributed by atoms with Crippen LogP contribution in [-0.4, -0.2) is 18.1 Å². The molecule has 1 N–H and O–H groups in total. The van der Waals surface area contributed by atoms with E-state index in [1.54, 1.807) is 18.4 Å². The maximum absolute atomic E-state index is 5.24. The van der Waals surface area contributed by atoms with Gasteiger partial charge in [0, 0.05) is 18.0 Å². The predicted octanol–water partition coefficient (Wildman–Crippen LogP) is 3.18. The number of nitrogens with zero attached hydrogens (tertiary/aromatic N) is 1. The first-order chi connectivity index (χ1) is 9.17. The van der Waals surface area contributed by atoms with Crippen molar-refractivity contribution in [3.8, 4) is 5.75 Å². The van der Waals surface area contributed by atoms with Gasteiger partial charge in [0.2, 0.25) is 0 Å². The summed E-state index contributed by atoms with van der Waals surface area (Å²) in [6.07, 6.45) is 0.986. The fraction of sp³-hybridized carbons (Fsp3) is 0.400. The molecule has 1 heterocycles. The Labute approximate surface area is 118 Å². The average molecular weight is 276 g/mol. The molecule has 0 saturated heterocycles. The quantitative estimate of drug-likeness (QED) is 0.880. The zero-order chi connectivity index (χ0) is 13.7. The van der Waals surface area contributed by atoms with Gasteiger partial charge in [-0.05, 0) is 38.0 Å². The highest BCUT2D eigenvalue weighted by atomic mass is 32.1. The molecule has 2 aromatic rings. The number of thiazole rings is 1. The monoisotopic (exact) mass is 276 g/mol. The molecule has 102 valence electrons. The Morgan fingerprint density at radius 1 is 1.42 bits per heavy atom. The van der Waals surface area contributed by atoms with Crippen molar-refractivity contribution in [2.45, 2.75) is 32.9 Å². The first-order valence-corrected chi connectivity index (χ1v) is 7.32. The summed E-state index contributed by atoms with van der Waals surface area (Å²) < 4.78 is 5.24. The van der Waals surface area contributed by atoms with Crippen molar-refractivity contribution in [1.29, 1.82) is 0 Å². The molecule has 0 fully saturated rings. The van der Waals surface area contributed by atoms with E-state index in [2.05, 4.69) is 34.7 Å². The predicted molar refractivity (Wildman–Crippen MR) is 79.9 cm³/mol. The Balaban J connectivity index is 1.84. The van der Waals surface area contributed by atoms with Crippen molar-refractivity contribution in [1.82, 2.24) is 10.3 Å². The molecule has 3 nitrogen and oxygen atoms in total. The minimum absolute atomic E-state index is 0.411. The molecule has 4 heteroatoms. The second-order valence-electron chi connectivity index (χ2n) is 4.70. The van der Waals surface area contributed by atoms with Gasteiger partial charge in [0.1, 0.15) is 5.75 Å². The van der Waals surface area contributed by atoms with Gasteiger partial charge in [-0.3, -0.25) is 0 Å². The molecule has 0 aliphatic rings. The van der Waals surface area contributed by atoms with Crippen LogP contribution < -0.4 is 10.1 Å². The lowest BCUT2D eigenvalue weighted by molar-refractivity contribution is 0.414. The zero-order valence-electron chi connectivity index (χ0n) is 11.6. The summed E-state index contributed by atoms with van der Waals surface area (Å²) in [6.45, 7) is 5.06. The van der Waals surface area contributed by atoms with Gasteiger partial charge >= 0.3 is 0 Å². The van der Waals surface area contributed by atoms with E-state index in [1.807, 2.05) is 19.1 Å². The second-order valence-corrected chi connectivity index (χ2v) is 5.76. The van der Waals surface area contributed by atoms with Gasteiger partial charge < -0.3 is 10.1 Å². The fourth-order valence-corrected chi connectivity index (χ4v) is 2.61. The molecule has 0 spiro atoms. The van der Waals surface area contributed by atoms with E-state index in [4.69, 9.17) is 4.74 Å². The highest BCUT2D eigenvalue weighted by Gasteiger charge is 2.05. The van der Waals surface area contributed by atoms with Gasteiger partial charge in [0.05, 0.1) is 17.8 Å². The third kappa shape index (κ3) is 4.33. The molecule has 0 aliphatic carbocycles. The molecule has 19 heavy (non-hydrogen) atoms. The van der Waals surface area contributed by atoms with Crippen molar-refractivity contribution in [3.05, 3.63) is 45.9 Å². The third-order valence-electron chi connectivity index (χ3n) is 2.97. The van der Waals surface area contributed by atoms with Gasteiger partial charge in [-0.1, -0.05) is 12.1 Å². The Morgan fingerprint density at radius 3 is 2.95 bits per heavy atom. The van der Waals surface area contributed by atoms with Crippen LogP contribution in [0.3, 0.4) is 0 Å². The molecule has 1 unspecified atom stereocenters. The van der Waals surface area contributed by atoms with E-state index < -0.39 is 0 Å². The zero-order valence-corrected chi connectivity index (χ0v) is 12.5. The number of rotatable bonds is 6. The molecule has 1 aromatic carbocycles. The van der Waals surface area contributed by atoms with Crippen molar-refractivity contribution in [3.63, 3.8) is 0 Å². The maximum atomic E-state index is 5.24. The molecule has 0 radical (unpaired) electrons. The lowest BCUT2D eigenvalue weighted by atomic mass is 10.1. The molecule has 0 amide bonds. The number of nitrogens with one attached hydrogen (secondary N) is 1. The number of hydrogen-bond acceptors (Lipinski definition) is 4. The van der Waals surface area contributed by atoms with Gasteiger partial charge in [-0.2, -0.15) is 0 Å². The molecule has 0 saturated carbocycles. The Bertz CT molecular complexity index is 524. The summed E-state index contributed by atoms with van der Waals surface area (Å²) in [7, 11) is 1.70. The normalized spacial score (nSPS) is 12.4. The van der Waals surface area contributed by atoms with Crippen molar-refractivity contribution in [2.24, 2.45) is 0 Å². The number of hydrogen-bond donors (Lipinski definition) is 1. The van der Waals surface area contributed by atoms with Crippen LogP contribution in [0.4, 0.5) is 0 Å². The van der Waals surface area contributed by atoms with Crippen LogP contribution in [0.2, 0.25) is 0 Å². The van der Waals surface area contributed by atoms with E-state index in [-0.39, 0.29) is 0 Å². The molecule has 1 aromatic heterocycles. The summed E-state index contributed by atoms with van der Waals surface area (Å²) in [4.78, 5) is 4.45. The van der Waals surface area contributed by atoms with Gasteiger partial charge in [0.15, 0.2) is 0 Å². The Kier molecular flexibility index (Phi) is 4.93. The fourth-order valence-electron chi connectivity index (χ4n) is 1.99. The lowest BCUT2D eigenvalue weighted by Crippen LogP contribution is -2.27. The first-order valence-electron chi connectivity index (χ1n) is 6.44. The van der Waals surface area contributed by atoms with Crippen molar-refractivity contribution in [2.75, 3.05) is 7.11 Å². The van der Waals surface area contributed by atoms with E-state index in [0.29, 0.717) is 6.04 Å². The maximum Gasteiger partial charge on any atom is 0.119 e. The van der Waals surface area contributed by atoms with Crippen LogP contribution in [0.25, 0.3) is 0 Å². The van der Waals surface area contributed by atoms with E-state index >= 15 is 0 Å². The molecule has 0 aliphatic heterocycles. The highest BCUT2D eigenvalue weighted by molar-refractivity contribution is 7.09. The number of methoxy groups -OCH3 is 1. The van der Waals surface area contributed by atoms with Crippen LogP contribution in [0, 0.1) is 6.92 Å². The Morgan fingerprint density at radius 2 is 2.26 bits per heavy atom. The summed E-state index contributed by atoms with van der Waals surface area (Å²) in [6, 6.07) is 8.64. The molecule has 0 bridgehead atoms. The molecule has 2 rings (SSSR count). The average Bonchev–Trinajstić information content (AvgIpc) is 2.82. The van der Waals surface area contributed by atoms with Gasteiger partial charge in [0.25, 0.3) is 0 Å². The molecular formula is C15H20N2OS. The van der Waals surface area contributed by atoms with Crippen LogP contribution in [0.1, 0.15) is 23.2 Å². The van der Waals surface area contributed by atoms with Crippen molar-refractivity contribution >= 4 is 11.3 Å². The minimum Gasteiger partial charge on any atom is -0.497 e. The first kappa shape index (κ1) is 14.0. The number of aryl methyl sites for hydroxylation is 1. The van der Waals surface area contributed by atoms with E-state index in [9.17, 15) is 0 Å². The number of ether oxygens (including phenoxy) is 1. The van der Waals surface area contributed by atoms with Crippen LogP contribution >= 0.6 is 11.3 Å². The van der Waals surface area contributed by atoms with Gasteiger partial charge in [-0.25, -0.2) is 4.98 Å². The minimum atomic E-state index is 0.411. The number of benzene rings is 1. The summed E-state index contributed by atoms with van der Waals surface area (Å²) >= 11 is 1.70. The second kappa shape index (κ2) is 6.68. The van der Waals surface area contributed by atoms with Gasteiger partial charge in [-0.15, -0.1) is 11.3 Å².